The molecule has 0 aliphatic carbocycles. The highest BCUT2D eigenvalue weighted by molar-refractivity contribution is 7.98. The maximum Gasteiger partial charge on any atom is 0.147 e. The van der Waals surface area contributed by atoms with Gasteiger partial charge < -0.3 is 4.74 Å². The maximum absolute atomic E-state index is 6.03. The molecule has 1 radical (unpaired) electrons. The van der Waals surface area contributed by atoms with Crippen molar-refractivity contribution >= 4 is 35.0 Å². The van der Waals surface area contributed by atoms with Crippen LogP contribution in [0.4, 0.5) is 0 Å². The van der Waals surface area contributed by atoms with Crippen LogP contribution in [-0.2, 0) is 0 Å². The van der Waals surface area contributed by atoms with Crippen LogP contribution in [0.3, 0.4) is 0 Å². The molecule has 2 rings (SSSR count). The third-order valence-electron chi connectivity index (χ3n) is 1.98. The fourth-order valence-electron chi connectivity index (χ4n) is 1.20. The molecule has 0 aliphatic rings. The molecule has 1 heterocycles. The predicted molar refractivity (Wildman–Crippen MR) is 71.4 cm³/mol. The first-order valence-electron chi connectivity index (χ1n) is 4.75. The summed E-state index contributed by atoms with van der Waals surface area (Å²) in [5.74, 6) is 1.07. The molecule has 17 heavy (non-hydrogen) atoms. The van der Waals surface area contributed by atoms with Crippen molar-refractivity contribution in [2.75, 3.05) is 6.26 Å². The summed E-state index contributed by atoms with van der Waals surface area (Å²) in [6.45, 7) is 0. The lowest BCUT2D eigenvalue weighted by atomic mass is 10.3. The third-order valence-corrected chi connectivity index (χ3v) is 3.37. The number of benzene rings is 1. The van der Waals surface area contributed by atoms with Gasteiger partial charge in [-0.3, -0.25) is 0 Å². The second-order valence-corrected chi connectivity index (χ2v) is 4.68. The van der Waals surface area contributed by atoms with Crippen molar-refractivity contribution in [2.24, 2.45) is 0 Å². The Hall–Kier alpha value is -0.900. The Morgan fingerprint density at radius 3 is 2.88 bits per heavy atom. The van der Waals surface area contributed by atoms with E-state index in [0.29, 0.717) is 21.5 Å². The van der Waals surface area contributed by atoms with E-state index >= 15 is 0 Å². The molecule has 2 nitrogen and oxygen atoms in total. The summed E-state index contributed by atoms with van der Waals surface area (Å²) < 4.78 is 5.61. The Balaban J connectivity index is 2.28. The summed E-state index contributed by atoms with van der Waals surface area (Å²) in [6.07, 6.45) is 3.59. The van der Waals surface area contributed by atoms with Gasteiger partial charge in [-0.2, -0.15) is 0 Å². The Kier molecular flexibility index (Phi) is 4.15. The molecule has 0 saturated carbocycles. The van der Waals surface area contributed by atoms with Gasteiger partial charge in [-0.1, -0.05) is 29.3 Å². The van der Waals surface area contributed by atoms with Gasteiger partial charge in [0, 0.05) is 6.20 Å². The molecule has 1 aromatic carbocycles. The van der Waals surface area contributed by atoms with E-state index in [1.54, 1.807) is 30.5 Å². The normalized spacial score (nSPS) is 10.3. The molecule has 5 heteroatoms. The van der Waals surface area contributed by atoms with Crippen molar-refractivity contribution < 1.29 is 4.74 Å². The monoisotopic (exact) mass is 284 g/mol. The minimum atomic E-state index is 0.394. The summed E-state index contributed by atoms with van der Waals surface area (Å²) in [7, 11) is 0. The fourth-order valence-corrected chi connectivity index (χ4v) is 1.90. The molecule has 0 spiro atoms. The minimum Gasteiger partial charge on any atom is -0.455 e. The highest BCUT2D eigenvalue weighted by Crippen LogP contribution is 2.34. The first-order valence-corrected chi connectivity index (χ1v) is 6.73. The van der Waals surface area contributed by atoms with Crippen LogP contribution in [0.15, 0.2) is 35.5 Å². The van der Waals surface area contributed by atoms with Gasteiger partial charge in [0.15, 0.2) is 0 Å². The van der Waals surface area contributed by atoms with E-state index in [-0.39, 0.29) is 0 Å². The largest absolute Gasteiger partial charge is 0.455 e. The van der Waals surface area contributed by atoms with Crippen LogP contribution >= 0.6 is 35.0 Å². The molecule has 0 N–H and O–H groups in total. The first-order chi connectivity index (χ1) is 8.20. The second-order valence-electron chi connectivity index (χ2n) is 3.10. The number of rotatable bonds is 3. The summed E-state index contributed by atoms with van der Waals surface area (Å²) in [4.78, 5) is 4.11. The Bertz CT molecular complexity index is 534. The van der Waals surface area contributed by atoms with E-state index in [0.717, 1.165) is 5.03 Å². The van der Waals surface area contributed by atoms with Gasteiger partial charge in [-0.05, 0) is 24.5 Å². The fraction of sp³-hybridized carbons (Fsp3) is 0.0833. The quantitative estimate of drug-likeness (QED) is 0.763. The topological polar surface area (TPSA) is 22.1 Å². The van der Waals surface area contributed by atoms with E-state index in [9.17, 15) is 0 Å². The molecule has 1 aromatic heterocycles. The lowest BCUT2D eigenvalue weighted by molar-refractivity contribution is 0.479. The number of thioether (sulfide) groups is 1. The molecule has 0 atom stereocenters. The molecule has 0 amide bonds. The van der Waals surface area contributed by atoms with E-state index < -0.39 is 0 Å². The van der Waals surface area contributed by atoms with Crippen LogP contribution in [0.2, 0.25) is 10.0 Å². The van der Waals surface area contributed by atoms with Crippen LogP contribution in [0, 0.1) is 6.07 Å². The molecule has 0 aliphatic heterocycles. The van der Waals surface area contributed by atoms with Crippen LogP contribution < -0.4 is 4.74 Å². The van der Waals surface area contributed by atoms with Crippen LogP contribution in [0.25, 0.3) is 0 Å². The molecular weight excluding hydrogens is 277 g/mol. The summed E-state index contributed by atoms with van der Waals surface area (Å²) in [5, 5.41) is 1.62. The average Bonchev–Trinajstić information content (AvgIpc) is 2.35. The summed E-state index contributed by atoms with van der Waals surface area (Å²) in [5.41, 5.74) is 0. The minimum absolute atomic E-state index is 0.394. The number of nitrogens with zero attached hydrogens (tertiary/aromatic N) is 1. The number of halogens is 2. The third kappa shape index (κ3) is 3.06. The summed E-state index contributed by atoms with van der Waals surface area (Å²) in [6, 6.07) is 9.97. The second kappa shape index (κ2) is 5.63. The zero-order chi connectivity index (χ0) is 12.3. The summed E-state index contributed by atoms with van der Waals surface area (Å²) >= 11 is 13.4. The van der Waals surface area contributed by atoms with Gasteiger partial charge in [0.25, 0.3) is 0 Å². The first kappa shape index (κ1) is 12.6. The van der Waals surface area contributed by atoms with E-state index in [1.165, 1.54) is 11.8 Å². The maximum atomic E-state index is 6.03. The SMILES string of the molecule is CSc1[c]c(Oc2cccc(Cl)c2Cl)ccn1. The number of ether oxygens (including phenoxy) is 1. The van der Waals surface area contributed by atoms with Crippen molar-refractivity contribution in [1.82, 2.24) is 4.98 Å². The standard InChI is InChI=1S/C12H8Cl2NOS/c1-17-11-7-8(5-6-15-11)16-10-4-2-3-9(13)12(10)14/h2-6H,1H3. The lowest BCUT2D eigenvalue weighted by Crippen LogP contribution is -1.87. The highest BCUT2D eigenvalue weighted by atomic mass is 35.5. The number of aromatic nitrogens is 1. The van der Waals surface area contributed by atoms with Crippen LogP contribution in [-0.4, -0.2) is 11.2 Å². The van der Waals surface area contributed by atoms with Crippen molar-refractivity contribution in [3.63, 3.8) is 0 Å². The van der Waals surface area contributed by atoms with E-state index in [1.807, 2.05) is 6.26 Å². The molecule has 0 fully saturated rings. The van der Waals surface area contributed by atoms with Crippen molar-refractivity contribution in [2.45, 2.75) is 5.03 Å². The molecule has 2 aromatic rings. The lowest BCUT2D eigenvalue weighted by Gasteiger charge is -2.08. The van der Waals surface area contributed by atoms with Gasteiger partial charge in [0.1, 0.15) is 21.5 Å². The van der Waals surface area contributed by atoms with Crippen molar-refractivity contribution in [3.8, 4) is 11.5 Å². The van der Waals surface area contributed by atoms with Crippen molar-refractivity contribution in [3.05, 3.63) is 46.6 Å². The van der Waals surface area contributed by atoms with Gasteiger partial charge in [-0.25, -0.2) is 4.98 Å². The van der Waals surface area contributed by atoms with Crippen LogP contribution in [0.5, 0.6) is 11.5 Å². The Morgan fingerprint density at radius 1 is 1.29 bits per heavy atom. The zero-order valence-electron chi connectivity index (χ0n) is 8.91. The number of hydrogen-bond acceptors (Lipinski definition) is 3. The van der Waals surface area contributed by atoms with Crippen molar-refractivity contribution in [1.29, 1.82) is 0 Å². The predicted octanol–water partition coefficient (Wildman–Crippen LogP) is 4.70. The van der Waals surface area contributed by atoms with Gasteiger partial charge in [-0.15, -0.1) is 11.8 Å². The zero-order valence-corrected chi connectivity index (χ0v) is 11.2. The molecule has 0 bridgehead atoms. The average molecular weight is 285 g/mol. The van der Waals surface area contributed by atoms with Crippen LogP contribution in [0.1, 0.15) is 0 Å². The van der Waals surface area contributed by atoms with Gasteiger partial charge in [0.2, 0.25) is 0 Å². The van der Waals surface area contributed by atoms with E-state index in [4.69, 9.17) is 27.9 Å². The molecule has 87 valence electrons. The van der Waals surface area contributed by atoms with Gasteiger partial charge in [0.05, 0.1) is 11.1 Å². The van der Waals surface area contributed by atoms with E-state index in [2.05, 4.69) is 11.1 Å². The smallest absolute Gasteiger partial charge is 0.147 e. The highest BCUT2D eigenvalue weighted by Gasteiger charge is 2.07. The Labute approximate surface area is 114 Å². The van der Waals surface area contributed by atoms with Gasteiger partial charge >= 0.3 is 0 Å². The Morgan fingerprint density at radius 2 is 2.12 bits per heavy atom. The number of hydrogen-bond donors (Lipinski definition) is 0. The number of pyridine rings is 1. The molecular formula is C12H8Cl2NOS. The molecule has 0 unspecified atom stereocenters. The molecule has 0 saturated heterocycles.